The van der Waals surface area contributed by atoms with Crippen molar-refractivity contribution in [1.82, 2.24) is 14.7 Å². The third-order valence-electron chi connectivity index (χ3n) is 4.56. The normalized spacial score (nSPS) is 11.0. The lowest BCUT2D eigenvalue weighted by Gasteiger charge is -2.13. The standard InChI is InChI=1S/C23H20N4O3/c1-4-11-25-21(28)17(14-24)13-18-22(30-19-9-7-8-15(2)16(19)3)26-20-10-5-6-12-27(20)23(18)29/h4-10,12-13H,1,11H2,2-3H3,(H,25,28)/b17-13-. The molecule has 0 atom stereocenters. The van der Waals surface area contributed by atoms with Crippen LogP contribution in [0.15, 0.2) is 65.6 Å². The Bertz CT molecular complexity index is 1270. The van der Waals surface area contributed by atoms with Crippen LogP contribution < -0.4 is 15.6 Å². The molecule has 0 saturated carbocycles. The van der Waals surface area contributed by atoms with Crippen LogP contribution in [-0.2, 0) is 4.79 Å². The number of carbonyl (C=O) groups is 1. The van der Waals surface area contributed by atoms with E-state index < -0.39 is 11.5 Å². The fraction of sp³-hybridized carbons (Fsp3) is 0.130. The highest BCUT2D eigenvalue weighted by Crippen LogP contribution is 2.28. The van der Waals surface area contributed by atoms with Gasteiger partial charge in [-0.3, -0.25) is 14.0 Å². The van der Waals surface area contributed by atoms with E-state index in [4.69, 9.17) is 4.74 Å². The minimum atomic E-state index is -0.618. The van der Waals surface area contributed by atoms with Gasteiger partial charge < -0.3 is 10.1 Å². The topological polar surface area (TPSA) is 96.5 Å². The summed E-state index contributed by atoms with van der Waals surface area (Å²) in [5.41, 5.74) is 1.61. The van der Waals surface area contributed by atoms with Crippen LogP contribution in [0.5, 0.6) is 11.6 Å². The Hall–Kier alpha value is -4.18. The molecule has 1 amide bonds. The van der Waals surface area contributed by atoms with Gasteiger partial charge in [-0.05, 0) is 49.2 Å². The first-order valence-electron chi connectivity index (χ1n) is 9.22. The number of hydrogen-bond donors (Lipinski definition) is 1. The van der Waals surface area contributed by atoms with Gasteiger partial charge in [0.2, 0.25) is 5.88 Å². The fourth-order valence-corrected chi connectivity index (χ4v) is 2.78. The first kappa shape index (κ1) is 20.6. The molecule has 3 aromatic rings. The molecule has 30 heavy (non-hydrogen) atoms. The Morgan fingerprint density at radius 1 is 1.30 bits per heavy atom. The van der Waals surface area contributed by atoms with E-state index >= 15 is 0 Å². The zero-order valence-electron chi connectivity index (χ0n) is 16.7. The SMILES string of the molecule is C=CCNC(=O)/C(C#N)=C\c1c(Oc2cccc(C)c2C)nc2ccccn2c1=O. The molecule has 0 radical (unpaired) electrons. The molecule has 1 N–H and O–H groups in total. The fourth-order valence-electron chi connectivity index (χ4n) is 2.78. The summed E-state index contributed by atoms with van der Waals surface area (Å²) in [5.74, 6) is -0.0664. The molecule has 0 aliphatic heterocycles. The van der Waals surface area contributed by atoms with E-state index in [1.807, 2.05) is 32.0 Å². The van der Waals surface area contributed by atoms with Crippen LogP contribution in [-0.4, -0.2) is 21.8 Å². The summed E-state index contributed by atoms with van der Waals surface area (Å²) in [5, 5.41) is 12.0. The number of nitrogens with one attached hydrogen (secondary N) is 1. The van der Waals surface area contributed by atoms with Crippen molar-refractivity contribution in [3.63, 3.8) is 0 Å². The van der Waals surface area contributed by atoms with E-state index in [0.29, 0.717) is 11.4 Å². The average molecular weight is 400 g/mol. The predicted octanol–water partition coefficient (Wildman–Crippen LogP) is 3.31. The van der Waals surface area contributed by atoms with E-state index in [0.717, 1.165) is 11.1 Å². The molecular formula is C23H20N4O3. The molecule has 0 saturated heterocycles. The number of benzene rings is 1. The van der Waals surface area contributed by atoms with Crippen molar-refractivity contribution in [3.8, 4) is 17.7 Å². The van der Waals surface area contributed by atoms with Crippen molar-refractivity contribution < 1.29 is 9.53 Å². The summed E-state index contributed by atoms with van der Waals surface area (Å²) in [6, 6.07) is 12.5. The number of aromatic nitrogens is 2. The van der Waals surface area contributed by atoms with Crippen LogP contribution in [0.1, 0.15) is 16.7 Å². The number of rotatable bonds is 6. The summed E-state index contributed by atoms with van der Waals surface area (Å²) in [6.45, 7) is 7.57. The van der Waals surface area contributed by atoms with Crippen molar-refractivity contribution >= 4 is 17.6 Å². The summed E-state index contributed by atoms with van der Waals surface area (Å²) in [7, 11) is 0. The number of pyridine rings is 1. The number of carbonyl (C=O) groups excluding carboxylic acids is 1. The van der Waals surface area contributed by atoms with E-state index in [2.05, 4.69) is 16.9 Å². The Labute approximate surface area is 173 Å². The second-order valence-electron chi connectivity index (χ2n) is 6.53. The van der Waals surface area contributed by atoms with Gasteiger partial charge in [-0.1, -0.05) is 24.3 Å². The Morgan fingerprint density at radius 3 is 2.83 bits per heavy atom. The molecule has 1 aromatic carbocycles. The Morgan fingerprint density at radius 2 is 2.10 bits per heavy atom. The molecule has 0 aliphatic rings. The van der Waals surface area contributed by atoms with Crippen molar-refractivity contribution in [2.24, 2.45) is 0 Å². The highest BCUT2D eigenvalue weighted by atomic mass is 16.5. The maximum absolute atomic E-state index is 13.1. The molecule has 0 spiro atoms. The average Bonchev–Trinajstić information content (AvgIpc) is 2.75. The van der Waals surface area contributed by atoms with Crippen LogP contribution in [0.25, 0.3) is 11.7 Å². The molecule has 7 heteroatoms. The van der Waals surface area contributed by atoms with Crippen molar-refractivity contribution in [2.75, 3.05) is 6.54 Å². The number of nitrogens with zero attached hydrogens (tertiary/aromatic N) is 3. The monoisotopic (exact) mass is 400 g/mol. The van der Waals surface area contributed by atoms with Gasteiger partial charge in [0.25, 0.3) is 11.5 Å². The van der Waals surface area contributed by atoms with Gasteiger partial charge in [0.15, 0.2) is 0 Å². The van der Waals surface area contributed by atoms with Crippen LogP contribution in [0, 0.1) is 25.2 Å². The summed E-state index contributed by atoms with van der Waals surface area (Å²) < 4.78 is 7.32. The zero-order chi connectivity index (χ0) is 21.7. The third kappa shape index (κ3) is 4.13. The Kier molecular flexibility index (Phi) is 6.08. The second kappa shape index (κ2) is 8.88. The van der Waals surface area contributed by atoms with Crippen LogP contribution >= 0.6 is 0 Å². The van der Waals surface area contributed by atoms with Gasteiger partial charge in [-0.25, -0.2) is 0 Å². The number of ether oxygens (including phenoxy) is 1. The molecular weight excluding hydrogens is 380 g/mol. The number of hydrogen-bond acceptors (Lipinski definition) is 5. The number of amides is 1. The number of fused-ring (bicyclic) bond motifs is 1. The maximum atomic E-state index is 13.1. The summed E-state index contributed by atoms with van der Waals surface area (Å²) in [6.07, 6.45) is 4.26. The van der Waals surface area contributed by atoms with Crippen molar-refractivity contribution in [1.29, 1.82) is 5.26 Å². The van der Waals surface area contributed by atoms with E-state index in [1.54, 1.807) is 30.5 Å². The molecule has 7 nitrogen and oxygen atoms in total. The van der Waals surface area contributed by atoms with Gasteiger partial charge in [0.05, 0.1) is 0 Å². The Balaban J connectivity index is 2.20. The molecule has 2 heterocycles. The quantitative estimate of drug-likeness (QED) is 0.389. The predicted molar refractivity (Wildman–Crippen MR) is 114 cm³/mol. The van der Waals surface area contributed by atoms with Crippen LogP contribution in [0.2, 0.25) is 0 Å². The molecule has 2 aromatic heterocycles. The van der Waals surface area contributed by atoms with Gasteiger partial charge in [0.1, 0.15) is 28.6 Å². The minimum absolute atomic E-state index is 0.00455. The maximum Gasteiger partial charge on any atom is 0.269 e. The highest BCUT2D eigenvalue weighted by Gasteiger charge is 2.17. The first-order valence-corrected chi connectivity index (χ1v) is 9.22. The highest BCUT2D eigenvalue weighted by molar-refractivity contribution is 6.02. The number of nitriles is 1. The second-order valence-corrected chi connectivity index (χ2v) is 6.53. The summed E-state index contributed by atoms with van der Waals surface area (Å²) in [4.78, 5) is 29.8. The van der Waals surface area contributed by atoms with E-state index in [-0.39, 0.29) is 23.6 Å². The molecule has 0 bridgehead atoms. The molecule has 0 aliphatic carbocycles. The lowest BCUT2D eigenvalue weighted by Crippen LogP contribution is -2.25. The minimum Gasteiger partial charge on any atom is -0.438 e. The van der Waals surface area contributed by atoms with Crippen LogP contribution in [0.4, 0.5) is 0 Å². The van der Waals surface area contributed by atoms with E-state index in [9.17, 15) is 14.9 Å². The van der Waals surface area contributed by atoms with E-state index in [1.165, 1.54) is 16.6 Å². The lowest BCUT2D eigenvalue weighted by molar-refractivity contribution is -0.116. The van der Waals surface area contributed by atoms with Gasteiger partial charge in [-0.15, -0.1) is 6.58 Å². The summed E-state index contributed by atoms with van der Waals surface area (Å²) >= 11 is 0. The van der Waals surface area contributed by atoms with Gasteiger partial charge >= 0.3 is 0 Å². The van der Waals surface area contributed by atoms with Crippen LogP contribution in [0.3, 0.4) is 0 Å². The zero-order valence-corrected chi connectivity index (χ0v) is 16.7. The van der Waals surface area contributed by atoms with Gasteiger partial charge in [-0.2, -0.15) is 10.2 Å². The molecule has 0 unspecified atom stereocenters. The molecule has 0 fully saturated rings. The van der Waals surface area contributed by atoms with Crippen molar-refractivity contribution in [2.45, 2.75) is 13.8 Å². The molecule has 150 valence electrons. The van der Waals surface area contributed by atoms with Crippen molar-refractivity contribution in [3.05, 3.63) is 87.9 Å². The number of aryl methyl sites for hydroxylation is 1. The van der Waals surface area contributed by atoms with Gasteiger partial charge in [0, 0.05) is 12.7 Å². The molecule has 3 rings (SSSR count). The third-order valence-corrected chi connectivity index (χ3v) is 4.56. The largest absolute Gasteiger partial charge is 0.438 e. The smallest absolute Gasteiger partial charge is 0.269 e. The lowest BCUT2D eigenvalue weighted by atomic mass is 10.1. The first-order chi connectivity index (χ1) is 14.5.